The Bertz CT molecular complexity index is 368. The SMILES string of the molecule is CC(C)(C)OC(=O)NC(CC1SCCS1)C(O)CC(N)=O. The number of amides is 2. The molecular weight excluding hydrogens is 312 g/mol. The van der Waals surface area contributed by atoms with Crippen molar-refractivity contribution < 1.29 is 19.4 Å². The van der Waals surface area contributed by atoms with Gasteiger partial charge in [-0.15, -0.1) is 23.5 Å². The molecule has 1 aliphatic rings. The van der Waals surface area contributed by atoms with Crippen LogP contribution in [0, 0.1) is 0 Å². The lowest BCUT2D eigenvalue weighted by Crippen LogP contribution is -2.47. The minimum Gasteiger partial charge on any atom is -0.444 e. The van der Waals surface area contributed by atoms with Gasteiger partial charge in [-0.2, -0.15) is 0 Å². The molecule has 6 nitrogen and oxygen atoms in total. The number of nitrogens with two attached hydrogens (primary N) is 1. The van der Waals surface area contributed by atoms with Crippen molar-refractivity contribution in [3.05, 3.63) is 0 Å². The third kappa shape index (κ3) is 7.82. The van der Waals surface area contributed by atoms with E-state index >= 15 is 0 Å². The number of rotatable bonds is 6. The molecule has 8 heteroatoms. The Balaban J connectivity index is 2.61. The summed E-state index contributed by atoms with van der Waals surface area (Å²) in [4.78, 5) is 22.8. The summed E-state index contributed by atoms with van der Waals surface area (Å²) in [6, 6.07) is -0.546. The molecular formula is C13H24N2O4S2. The van der Waals surface area contributed by atoms with Crippen LogP contribution < -0.4 is 11.1 Å². The van der Waals surface area contributed by atoms with Crippen molar-refractivity contribution in [3.63, 3.8) is 0 Å². The van der Waals surface area contributed by atoms with Crippen LogP contribution in [0.1, 0.15) is 33.6 Å². The lowest BCUT2D eigenvalue weighted by atomic mass is 10.1. The molecule has 0 bridgehead atoms. The molecule has 2 unspecified atom stereocenters. The predicted molar refractivity (Wildman–Crippen MR) is 86.3 cm³/mol. The van der Waals surface area contributed by atoms with Crippen LogP contribution in [-0.2, 0) is 9.53 Å². The second kappa shape index (κ2) is 8.14. The number of aliphatic hydroxyl groups excluding tert-OH is 1. The summed E-state index contributed by atoms with van der Waals surface area (Å²) in [7, 11) is 0. The molecule has 1 rings (SSSR count). The predicted octanol–water partition coefficient (Wildman–Crippen LogP) is 1.31. The summed E-state index contributed by atoms with van der Waals surface area (Å²) in [5.74, 6) is 1.52. The molecule has 1 fully saturated rings. The molecule has 4 N–H and O–H groups in total. The van der Waals surface area contributed by atoms with Gasteiger partial charge in [-0.3, -0.25) is 4.79 Å². The maximum atomic E-state index is 11.9. The number of alkyl carbamates (subject to hydrolysis) is 1. The van der Waals surface area contributed by atoms with E-state index in [2.05, 4.69) is 5.32 Å². The maximum Gasteiger partial charge on any atom is 0.407 e. The molecule has 1 saturated heterocycles. The first-order chi connectivity index (χ1) is 9.67. The Morgan fingerprint density at radius 2 is 1.95 bits per heavy atom. The van der Waals surface area contributed by atoms with Crippen LogP contribution in [0.25, 0.3) is 0 Å². The number of hydrogen-bond donors (Lipinski definition) is 3. The summed E-state index contributed by atoms with van der Waals surface area (Å²) >= 11 is 3.58. The highest BCUT2D eigenvalue weighted by Crippen LogP contribution is 2.35. The fourth-order valence-electron chi connectivity index (χ4n) is 1.87. The highest BCUT2D eigenvalue weighted by Gasteiger charge is 2.29. The first kappa shape index (κ1) is 18.4. The van der Waals surface area contributed by atoms with Gasteiger partial charge in [0.25, 0.3) is 0 Å². The molecule has 0 radical (unpaired) electrons. The molecule has 0 aromatic rings. The highest BCUT2D eigenvalue weighted by atomic mass is 32.2. The van der Waals surface area contributed by atoms with Crippen molar-refractivity contribution in [2.24, 2.45) is 5.73 Å². The molecule has 2 amide bonds. The van der Waals surface area contributed by atoms with Crippen molar-refractivity contribution in [3.8, 4) is 0 Å². The standard InChI is InChI=1S/C13H24N2O4S2/c1-13(2,3)19-12(18)15-8(9(16)7-10(14)17)6-11-20-4-5-21-11/h8-9,11,16H,4-7H2,1-3H3,(H2,14,17)(H,15,18). The van der Waals surface area contributed by atoms with E-state index in [-0.39, 0.29) is 6.42 Å². The summed E-state index contributed by atoms with van der Waals surface area (Å²) in [6.07, 6.45) is -1.20. The largest absolute Gasteiger partial charge is 0.444 e. The summed E-state index contributed by atoms with van der Waals surface area (Å²) in [5, 5.41) is 12.8. The lowest BCUT2D eigenvalue weighted by Gasteiger charge is -2.27. The second-order valence-corrected chi connectivity index (χ2v) is 8.82. The molecule has 0 aliphatic carbocycles. The molecule has 2 atom stereocenters. The highest BCUT2D eigenvalue weighted by molar-refractivity contribution is 8.20. The van der Waals surface area contributed by atoms with Gasteiger partial charge < -0.3 is 20.9 Å². The number of thioether (sulfide) groups is 2. The van der Waals surface area contributed by atoms with Gasteiger partial charge in [-0.05, 0) is 27.2 Å². The number of nitrogens with one attached hydrogen (secondary N) is 1. The zero-order valence-corrected chi connectivity index (χ0v) is 14.3. The fraction of sp³-hybridized carbons (Fsp3) is 0.846. The van der Waals surface area contributed by atoms with E-state index < -0.39 is 29.7 Å². The minimum absolute atomic E-state index is 0.178. The number of ether oxygens (including phenoxy) is 1. The third-order valence-corrected chi connectivity index (χ3v) is 5.80. The van der Waals surface area contributed by atoms with E-state index in [1.54, 1.807) is 44.3 Å². The van der Waals surface area contributed by atoms with Gasteiger partial charge in [-0.25, -0.2) is 4.79 Å². The number of primary amides is 1. The van der Waals surface area contributed by atoms with Crippen LogP contribution in [0.3, 0.4) is 0 Å². The van der Waals surface area contributed by atoms with Crippen molar-refractivity contribution in [1.29, 1.82) is 0 Å². The Kier molecular flexibility index (Phi) is 7.15. The number of hydrogen-bond acceptors (Lipinski definition) is 6. The van der Waals surface area contributed by atoms with Gasteiger partial charge >= 0.3 is 6.09 Å². The average molecular weight is 336 g/mol. The molecule has 0 aromatic heterocycles. The number of carbonyl (C=O) groups is 2. The molecule has 0 aromatic carbocycles. The average Bonchev–Trinajstić information content (AvgIpc) is 2.77. The van der Waals surface area contributed by atoms with E-state index in [0.29, 0.717) is 11.0 Å². The van der Waals surface area contributed by atoms with Crippen LogP contribution in [0.5, 0.6) is 0 Å². The van der Waals surface area contributed by atoms with Gasteiger partial charge in [0.05, 0.1) is 23.1 Å². The molecule has 0 spiro atoms. The number of carbonyl (C=O) groups excluding carboxylic acids is 2. The Morgan fingerprint density at radius 3 is 2.43 bits per heavy atom. The number of aliphatic hydroxyl groups is 1. The smallest absolute Gasteiger partial charge is 0.407 e. The molecule has 1 aliphatic heterocycles. The van der Waals surface area contributed by atoms with Crippen molar-refractivity contribution in [2.75, 3.05) is 11.5 Å². The minimum atomic E-state index is -1.00. The summed E-state index contributed by atoms with van der Waals surface area (Å²) in [5.41, 5.74) is 4.51. The first-order valence-electron chi connectivity index (χ1n) is 6.86. The fourth-order valence-corrected chi connectivity index (χ4v) is 4.81. The second-order valence-electron chi connectivity index (χ2n) is 5.90. The van der Waals surface area contributed by atoms with Crippen LogP contribution in [-0.4, -0.2) is 50.9 Å². The molecule has 122 valence electrons. The van der Waals surface area contributed by atoms with Crippen LogP contribution in [0.15, 0.2) is 0 Å². The van der Waals surface area contributed by atoms with Crippen LogP contribution in [0.4, 0.5) is 4.79 Å². The van der Waals surface area contributed by atoms with Gasteiger partial charge in [-0.1, -0.05) is 0 Å². The topological polar surface area (TPSA) is 102 Å². The summed E-state index contributed by atoms with van der Waals surface area (Å²) in [6.45, 7) is 5.30. The maximum absolute atomic E-state index is 11.9. The van der Waals surface area contributed by atoms with Gasteiger partial charge in [0.1, 0.15) is 5.60 Å². The van der Waals surface area contributed by atoms with Crippen molar-refractivity contribution in [2.45, 2.75) is 55.9 Å². The van der Waals surface area contributed by atoms with Crippen LogP contribution in [0.2, 0.25) is 0 Å². The van der Waals surface area contributed by atoms with Gasteiger partial charge in [0.15, 0.2) is 0 Å². The lowest BCUT2D eigenvalue weighted by molar-refractivity contribution is -0.120. The van der Waals surface area contributed by atoms with Gasteiger partial charge in [0.2, 0.25) is 5.91 Å². The van der Waals surface area contributed by atoms with E-state index in [1.165, 1.54) is 0 Å². The Morgan fingerprint density at radius 1 is 1.38 bits per heavy atom. The first-order valence-corrected chi connectivity index (χ1v) is 8.96. The van der Waals surface area contributed by atoms with Crippen molar-refractivity contribution >= 4 is 35.5 Å². The zero-order valence-electron chi connectivity index (χ0n) is 12.6. The Labute approximate surface area is 133 Å². The molecule has 0 saturated carbocycles. The van der Waals surface area contributed by atoms with E-state index in [4.69, 9.17) is 10.5 Å². The zero-order chi connectivity index (χ0) is 16.0. The van der Waals surface area contributed by atoms with E-state index in [9.17, 15) is 14.7 Å². The van der Waals surface area contributed by atoms with Crippen LogP contribution >= 0.6 is 23.5 Å². The van der Waals surface area contributed by atoms with E-state index in [1.807, 2.05) is 0 Å². The van der Waals surface area contributed by atoms with Gasteiger partial charge in [0, 0.05) is 11.5 Å². The monoisotopic (exact) mass is 336 g/mol. The quantitative estimate of drug-likeness (QED) is 0.676. The summed E-state index contributed by atoms with van der Waals surface area (Å²) < 4.78 is 5.50. The molecule has 21 heavy (non-hydrogen) atoms. The Hall–Kier alpha value is -0.600. The molecule has 1 heterocycles. The third-order valence-electron chi connectivity index (χ3n) is 2.71. The van der Waals surface area contributed by atoms with Crippen molar-refractivity contribution in [1.82, 2.24) is 5.32 Å². The van der Waals surface area contributed by atoms with E-state index in [0.717, 1.165) is 11.5 Å². The normalized spacial score (nSPS) is 19.0.